The molecule has 188 valence electrons. The highest BCUT2D eigenvalue weighted by molar-refractivity contribution is 7.99. The van der Waals surface area contributed by atoms with E-state index in [1.54, 1.807) is 30.3 Å². The van der Waals surface area contributed by atoms with Crippen molar-refractivity contribution in [3.63, 3.8) is 0 Å². The Labute approximate surface area is 218 Å². The third kappa shape index (κ3) is 6.62. The number of ether oxygens (including phenoxy) is 2. The van der Waals surface area contributed by atoms with Crippen LogP contribution in [0.3, 0.4) is 0 Å². The molecule has 4 rings (SSSR count). The van der Waals surface area contributed by atoms with Gasteiger partial charge in [-0.1, -0.05) is 47.7 Å². The van der Waals surface area contributed by atoms with Crippen LogP contribution in [0.25, 0.3) is 5.69 Å². The smallest absolute Gasteiger partial charge is 0.343 e. The normalized spacial score (nSPS) is 10.9. The molecule has 37 heavy (non-hydrogen) atoms. The van der Waals surface area contributed by atoms with Gasteiger partial charge in [0.1, 0.15) is 5.82 Å². The van der Waals surface area contributed by atoms with E-state index in [1.807, 2.05) is 60.9 Å². The maximum atomic E-state index is 12.4. The van der Waals surface area contributed by atoms with Crippen LogP contribution in [0.1, 0.15) is 27.3 Å². The second-order valence-electron chi connectivity index (χ2n) is 7.95. The van der Waals surface area contributed by atoms with Crippen molar-refractivity contribution in [2.45, 2.75) is 19.0 Å². The quantitative estimate of drug-likeness (QED) is 0.116. The Hall–Kier alpha value is -4.44. The average molecular weight is 516 g/mol. The van der Waals surface area contributed by atoms with E-state index in [4.69, 9.17) is 9.47 Å². The second kappa shape index (κ2) is 12.0. The Morgan fingerprint density at radius 1 is 1.00 bits per heavy atom. The number of benzene rings is 3. The van der Waals surface area contributed by atoms with Crippen molar-refractivity contribution >= 4 is 29.9 Å². The topological polar surface area (TPSA) is 108 Å². The minimum Gasteiger partial charge on any atom is -0.493 e. The van der Waals surface area contributed by atoms with Gasteiger partial charge in [0, 0.05) is 5.69 Å². The first-order chi connectivity index (χ1) is 17.9. The zero-order valence-electron chi connectivity index (χ0n) is 20.5. The lowest BCUT2D eigenvalue weighted by atomic mass is 10.1. The number of thioether (sulfide) groups is 1. The van der Waals surface area contributed by atoms with Gasteiger partial charge in [-0.2, -0.15) is 5.10 Å². The summed E-state index contributed by atoms with van der Waals surface area (Å²) in [6.45, 7) is 3.80. The van der Waals surface area contributed by atoms with Gasteiger partial charge in [0.15, 0.2) is 16.7 Å². The van der Waals surface area contributed by atoms with Crippen LogP contribution >= 0.6 is 11.8 Å². The number of aryl methyl sites for hydroxylation is 2. The molecule has 1 amide bonds. The van der Waals surface area contributed by atoms with Crippen LogP contribution in [-0.4, -0.2) is 45.7 Å². The van der Waals surface area contributed by atoms with Crippen molar-refractivity contribution < 1.29 is 19.1 Å². The van der Waals surface area contributed by atoms with E-state index in [9.17, 15) is 9.59 Å². The van der Waals surface area contributed by atoms with Crippen molar-refractivity contribution in [2.24, 2.45) is 5.10 Å². The first kappa shape index (κ1) is 25.6. The summed E-state index contributed by atoms with van der Waals surface area (Å²) in [7, 11) is 1.48. The summed E-state index contributed by atoms with van der Waals surface area (Å²) in [5, 5.41) is 12.9. The SMILES string of the molecule is COc1cc(/C=N\NC(=O)CSc2nnc(C)n2-c2ccccc2)ccc1OC(=O)c1ccc(C)cc1. The lowest BCUT2D eigenvalue weighted by Crippen LogP contribution is -2.20. The minimum atomic E-state index is -0.484. The molecule has 0 saturated carbocycles. The number of esters is 1. The zero-order chi connectivity index (χ0) is 26.2. The summed E-state index contributed by atoms with van der Waals surface area (Å²) in [6, 6.07) is 21.8. The molecule has 0 atom stereocenters. The molecule has 0 fully saturated rings. The first-order valence-corrected chi connectivity index (χ1v) is 12.3. The number of para-hydroxylation sites is 1. The fraction of sp³-hybridized carbons (Fsp3) is 0.148. The predicted octanol–water partition coefficient (Wildman–Crippen LogP) is 4.35. The summed E-state index contributed by atoms with van der Waals surface area (Å²) in [6.07, 6.45) is 1.48. The van der Waals surface area contributed by atoms with Crippen molar-refractivity contribution in [2.75, 3.05) is 12.9 Å². The van der Waals surface area contributed by atoms with Crippen LogP contribution in [0, 0.1) is 13.8 Å². The standard InChI is InChI=1S/C27H25N5O4S/c1-18-9-12-21(13-10-18)26(34)36-23-14-11-20(15-24(23)35-3)16-28-30-25(33)17-37-27-31-29-19(2)32(27)22-7-5-4-6-8-22/h4-16H,17H2,1-3H3,(H,30,33)/b28-16-. The number of rotatable bonds is 9. The predicted molar refractivity (Wildman–Crippen MR) is 142 cm³/mol. The highest BCUT2D eigenvalue weighted by Gasteiger charge is 2.14. The van der Waals surface area contributed by atoms with Crippen molar-refractivity contribution in [3.05, 3.63) is 95.3 Å². The molecule has 0 aliphatic heterocycles. The molecule has 0 bridgehead atoms. The number of hydrogen-bond acceptors (Lipinski definition) is 8. The van der Waals surface area contributed by atoms with E-state index < -0.39 is 5.97 Å². The molecule has 3 aromatic carbocycles. The number of carbonyl (C=O) groups excluding carboxylic acids is 2. The molecular formula is C27H25N5O4S. The Bertz CT molecular complexity index is 1420. The second-order valence-corrected chi connectivity index (χ2v) is 8.89. The fourth-order valence-corrected chi connectivity index (χ4v) is 4.14. The Balaban J connectivity index is 1.33. The van der Waals surface area contributed by atoms with Crippen molar-refractivity contribution in [1.82, 2.24) is 20.2 Å². The van der Waals surface area contributed by atoms with E-state index >= 15 is 0 Å². The van der Waals surface area contributed by atoms with E-state index in [-0.39, 0.29) is 17.4 Å². The van der Waals surface area contributed by atoms with Gasteiger partial charge in [-0.05, 0) is 61.9 Å². The number of nitrogens with one attached hydrogen (secondary N) is 1. The highest BCUT2D eigenvalue weighted by Crippen LogP contribution is 2.28. The molecule has 0 radical (unpaired) electrons. The van der Waals surface area contributed by atoms with Gasteiger partial charge < -0.3 is 9.47 Å². The van der Waals surface area contributed by atoms with Crippen LogP contribution in [0.15, 0.2) is 83.1 Å². The van der Waals surface area contributed by atoms with Crippen LogP contribution < -0.4 is 14.9 Å². The molecule has 10 heteroatoms. The number of aromatic nitrogens is 3. The van der Waals surface area contributed by atoms with Crippen LogP contribution in [-0.2, 0) is 4.79 Å². The summed E-state index contributed by atoms with van der Waals surface area (Å²) in [5.41, 5.74) is 5.57. The maximum absolute atomic E-state index is 12.4. The molecule has 1 heterocycles. The number of carbonyl (C=O) groups is 2. The van der Waals surface area contributed by atoms with E-state index in [0.29, 0.717) is 22.0 Å². The average Bonchev–Trinajstić information content (AvgIpc) is 3.29. The number of methoxy groups -OCH3 is 1. The highest BCUT2D eigenvalue weighted by atomic mass is 32.2. The van der Waals surface area contributed by atoms with E-state index in [2.05, 4.69) is 20.7 Å². The maximum Gasteiger partial charge on any atom is 0.343 e. The zero-order valence-corrected chi connectivity index (χ0v) is 21.4. The van der Waals surface area contributed by atoms with Crippen molar-refractivity contribution in [3.8, 4) is 17.2 Å². The third-order valence-corrected chi connectivity index (χ3v) is 6.15. The van der Waals surface area contributed by atoms with Gasteiger partial charge >= 0.3 is 5.97 Å². The Kier molecular flexibility index (Phi) is 8.32. The van der Waals surface area contributed by atoms with Gasteiger partial charge in [-0.15, -0.1) is 10.2 Å². The molecule has 9 nitrogen and oxygen atoms in total. The number of hydrogen-bond donors (Lipinski definition) is 1. The number of hydrazone groups is 1. The largest absolute Gasteiger partial charge is 0.493 e. The molecule has 1 N–H and O–H groups in total. The molecule has 0 spiro atoms. The summed E-state index contributed by atoms with van der Waals surface area (Å²) in [4.78, 5) is 24.8. The lowest BCUT2D eigenvalue weighted by molar-refractivity contribution is -0.118. The minimum absolute atomic E-state index is 0.111. The van der Waals surface area contributed by atoms with Gasteiger partial charge in [-0.25, -0.2) is 10.2 Å². The van der Waals surface area contributed by atoms with E-state index in [1.165, 1.54) is 25.1 Å². The molecule has 4 aromatic rings. The molecule has 0 unspecified atom stereocenters. The number of amides is 1. The third-order valence-electron chi connectivity index (χ3n) is 5.22. The first-order valence-electron chi connectivity index (χ1n) is 11.3. The lowest BCUT2D eigenvalue weighted by Gasteiger charge is -2.10. The van der Waals surface area contributed by atoms with Crippen LogP contribution in [0.5, 0.6) is 11.5 Å². The Morgan fingerprint density at radius 2 is 1.76 bits per heavy atom. The fourth-order valence-electron chi connectivity index (χ4n) is 3.35. The summed E-state index contributed by atoms with van der Waals surface area (Å²) in [5.74, 6) is 0.707. The van der Waals surface area contributed by atoms with Gasteiger partial charge in [0.05, 0.1) is 24.6 Å². The summed E-state index contributed by atoms with van der Waals surface area (Å²) < 4.78 is 12.7. The molecule has 0 aliphatic carbocycles. The van der Waals surface area contributed by atoms with Crippen LogP contribution in [0.2, 0.25) is 0 Å². The monoisotopic (exact) mass is 515 g/mol. The molecular weight excluding hydrogens is 490 g/mol. The molecule has 0 aliphatic rings. The van der Waals surface area contributed by atoms with Gasteiger partial charge in [0.2, 0.25) is 0 Å². The van der Waals surface area contributed by atoms with Gasteiger partial charge in [0.25, 0.3) is 5.91 Å². The molecule has 1 aromatic heterocycles. The van der Waals surface area contributed by atoms with Crippen LogP contribution in [0.4, 0.5) is 0 Å². The molecule has 0 saturated heterocycles. The Morgan fingerprint density at radius 3 is 2.49 bits per heavy atom. The summed E-state index contributed by atoms with van der Waals surface area (Å²) >= 11 is 1.26. The number of nitrogens with zero attached hydrogens (tertiary/aromatic N) is 4. The van der Waals surface area contributed by atoms with E-state index in [0.717, 1.165) is 17.1 Å². The van der Waals surface area contributed by atoms with Crippen molar-refractivity contribution in [1.29, 1.82) is 0 Å². The van der Waals surface area contributed by atoms with Gasteiger partial charge in [-0.3, -0.25) is 9.36 Å².